The van der Waals surface area contributed by atoms with Crippen molar-refractivity contribution in [3.63, 3.8) is 0 Å². The highest BCUT2D eigenvalue weighted by molar-refractivity contribution is 9.10. The first-order chi connectivity index (χ1) is 9.25. The van der Waals surface area contributed by atoms with Crippen LogP contribution in [0.15, 0.2) is 53.1 Å². The molecule has 19 heavy (non-hydrogen) atoms. The molecule has 5 heteroatoms. The van der Waals surface area contributed by atoms with Crippen LogP contribution in [0.3, 0.4) is 0 Å². The number of hydrogen-bond acceptors (Lipinski definition) is 3. The minimum absolute atomic E-state index is 0.210. The number of nitrogens with one attached hydrogen (secondary N) is 1. The Kier molecular flexibility index (Phi) is 4.92. The topological polar surface area (TPSA) is 51.2 Å². The molecule has 98 valence electrons. The predicted octanol–water partition coefficient (Wildman–Crippen LogP) is 2.65. The molecule has 0 radical (unpaired) electrons. The summed E-state index contributed by atoms with van der Waals surface area (Å²) in [7, 11) is 0. The lowest BCUT2D eigenvalue weighted by Gasteiger charge is -2.07. The van der Waals surface area contributed by atoms with E-state index in [1.807, 2.05) is 30.3 Å². The van der Waals surface area contributed by atoms with Gasteiger partial charge in [-0.1, -0.05) is 24.3 Å². The van der Waals surface area contributed by atoms with Crippen LogP contribution in [-0.2, 0) is 0 Å². The van der Waals surface area contributed by atoms with Gasteiger partial charge >= 0.3 is 0 Å². The van der Waals surface area contributed by atoms with Gasteiger partial charge in [-0.3, -0.25) is 4.79 Å². The lowest BCUT2D eigenvalue weighted by atomic mass is 10.3. The number of ether oxygens (including phenoxy) is 1. The van der Waals surface area contributed by atoms with Gasteiger partial charge in [-0.2, -0.15) is 0 Å². The monoisotopic (exact) mass is 320 g/mol. The van der Waals surface area contributed by atoms with Gasteiger partial charge in [0, 0.05) is 0 Å². The van der Waals surface area contributed by atoms with Gasteiger partial charge in [-0.25, -0.2) is 4.98 Å². The molecule has 2 aromatic rings. The van der Waals surface area contributed by atoms with Crippen LogP contribution in [0.25, 0.3) is 0 Å². The number of pyridine rings is 1. The first kappa shape index (κ1) is 13.5. The molecule has 0 bridgehead atoms. The number of hydrogen-bond donors (Lipinski definition) is 1. The molecule has 0 unspecified atom stereocenters. The summed E-state index contributed by atoms with van der Waals surface area (Å²) in [4.78, 5) is 15.8. The van der Waals surface area contributed by atoms with E-state index in [0.29, 0.717) is 23.4 Å². The van der Waals surface area contributed by atoms with Crippen LogP contribution in [0, 0.1) is 0 Å². The molecule has 0 spiro atoms. The van der Waals surface area contributed by atoms with Gasteiger partial charge in [-0.05, 0) is 40.2 Å². The molecule has 1 amide bonds. The molecule has 1 aromatic heterocycles. The predicted molar refractivity (Wildman–Crippen MR) is 76.2 cm³/mol. The Bertz CT molecular complexity index is 546. The summed E-state index contributed by atoms with van der Waals surface area (Å²) in [5, 5.41) is 2.75. The molecule has 0 aliphatic heterocycles. The smallest absolute Gasteiger partial charge is 0.270 e. The van der Waals surface area contributed by atoms with Gasteiger partial charge in [-0.15, -0.1) is 0 Å². The van der Waals surface area contributed by atoms with E-state index < -0.39 is 0 Å². The van der Waals surface area contributed by atoms with Crippen molar-refractivity contribution in [3.05, 3.63) is 58.8 Å². The van der Waals surface area contributed by atoms with E-state index in [1.165, 1.54) is 0 Å². The number of carbonyl (C=O) groups is 1. The van der Waals surface area contributed by atoms with Crippen molar-refractivity contribution >= 4 is 21.8 Å². The second-order valence-electron chi connectivity index (χ2n) is 3.76. The molecule has 0 fully saturated rings. The molecule has 2 rings (SSSR count). The number of para-hydroxylation sites is 1. The lowest BCUT2D eigenvalue weighted by Crippen LogP contribution is -2.28. The van der Waals surface area contributed by atoms with E-state index in [-0.39, 0.29) is 5.91 Å². The molecule has 0 aliphatic rings. The van der Waals surface area contributed by atoms with Crippen molar-refractivity contribution in [3.8, 4) is 5.75 Å². The number of amides is 1. The van der Waals surface area contributed by atoms with E-state index >= 15 is 0 Å². The molecule has 1 aromatic carbocycles. The van der Waals surface area contributed by atoms with E-state index in [9.17, 15) is 4.79 Å². The molecular formula is C14H13BrN2O2. The summed E-state index contributed by atoms with van der Waals surface area (Å²) in [5.41, 5.74) is 0.383. The average Bonchev–Trinajstić information content (AvgIpc) is 2.44. The summed E-state index contributed by atoms with van der Waals surface area (Å²) in [6.07, 6.45) is 0. The van der Waals surface area contributed by atoms with Crippen molar-refractivity contribution in [1.29, 1.82) is 0 Å². The number of rotatable bonds is 5. The highest BCUT2D eigenvalue weighted by atomic mass is 79.9. The van der Waals surface area contributed by atoms with Crippen LogP contribution >= 0.6 is 15.9 Å². The Labute approximate surface area is 119 Å². The fraction of sp³-hybridized carbons (Fsp3) is 0.143. The van der Waals surface area contributed by atoms with Crippen LogP contribution < -0.4 is 10.1 Å². The summed E-state index contributed by atoms with van der Waals surface area (Å²) in [6, 6.07) is 14.7. The Morgan fingerprint density at radius 3 is 2.68 bits per heavy atom. The SMILES string of the molecule is O=C(NCCOc1ccccc1)c1cccc(Br)n1. The maximum atomic E-state index is 11.8. The first-order valence-corrected chi connectivity index (χ1v) is 6.63. The minimum atomic E-state index is -0.210. The van der Waals surface area contributed by atoms with Crippen molar-refractivity contribution in [2.75, 3.05) is 13.2 Å². The largest absolute Gasteiger partial charge is 0.492 e. The van der Waals surface area contributed by atoms with E-state index in [2.05, 4.69) is 26.2 Å². The second-order valence-corrected chi connectivity index (χ2v) is 4.58. The van der Waals surface area contributed by atoms with Gasteiger partial charge in [0.25, 0.3) is 5.91 Å². The number of halogens is 1. The van der Waals surface area contributed by atoms with Crippen molar-refractivity contribution in [2.45, 2.75) is 0 Å². The zero-order chi connectivity index (χ0) is 13.5. The Morgan fingerprint density at radius 2 is 1.95 bits per heavy atom. The Balaban J connectivity index is 1.75. The van der Waals surface area contributed by atoms with Crippen LogP contribution in [-0.4, -0.2) is 24.0 Å². The highest BCUT2D eigenvalue weighted by Crippen LogP contribution is 2.08. The number of aromatic nitrogens is 1. The molecule has 0 aliphatic carbocycles. The van der Waals surface area contributed by atoms with E-state index in [4.69, 9.17) is 4.74 Å². The molecule has 0 saturated carbocycles. The summed E-state index contributed by atoms with van der Waals surface area (Å²) >= 11 is 3.23. The van der Waals surface area contributed by atoms with Crippen LogP contribution in [0.1, 0.15) is 10.5 Å². The fourth-order valence-electron chi connectivity index (χ4n) is 1.48. The Morgan fingerprint density at radius 1 is 1.16 bits per heavy atom. The third-order valence-electron chi connectivity index (χ3n) is 2.35. The van der Waals surface area contributed by atoms with Crippen LogP contribution in [0.2, 0.25) is 0 Å². The molecular weight excluding hydrogens is 308 g/mol. The van der Waals surface area contributed by atoms with E-state index in [1.54, 1.807) is 18.2 Å². The first-order valence-electron chi connectivity index (χ1n) is 5.84. The van der Waals surface area contributed by atoms with E-state index in [0.717, 1.165) is 5.75 Å². The molecule has 4 nitrogen and oxygen atoms in total. The van der Waals surface area contributed by atoms with Crippen molar-refractivity contribution < 1.29 is 9.53 Å². The standard InChI is InChI=1S/C14H13BrN2O2/c15-13-8-4-7-12(17-13)14(18)16-9-10-19-11-5-2-1-3-6-11/h1-8H,9-10H2,(H,16,18). The zero-order valence-electron chi connectivity index (χ0n) is 10.2. The highest BCUT2D eigenvalue weighted by Gasteiger charge is 2.06. The summed E-state index contributed by atoms with van der Waals surface area (Å²) in [6.45, 7) is 0.853. The minimum Gasteiger partial charge on any atom is -0.492 e. The zero-order valence-corrected chi connectivity index (χ0v) is 11.8. The Hall–Kier alpha value is -1.88. The van der Waals surface area contributed by atoms with Gasteiger partial charge < -0.3 is 10.1 Å². The molecule has 0 atom stereocenters. The maximum Gasteiger partial charge on any atom is 0.270 e. The quantitative estimate of drug-likeness (QED) is 0.680. The second kappa shape index (κ2) is 6.89. The number of carbonyl (C=O) groups excluding carboxylic acids is 1. The van der Waals surface area contributed by atoms with Crippen LogP contribution in [0.5, 0.6) is 5.75 Å². The van der Waals surface area contributed by atoms with Crippen molar-refractivity contribution in [1.82, 2.24) is 10.3 Å². The molecule has 1 N–H and O–H groups in total. The third-order valence-corrected chi connectivity index (χ3v) is 2.79. The number of benzene rings is 1. The third kappa shape index (κ3) is 4.37. The van der Waals surface area contributed by atoms with Gasteiger partial charge in [0.15, 0.2) is 0 Å². The van der Waals surface area contributed by atoms with Gasteiger partial charge in [0.1, 0.15) is 22.7 Å². The van der Waals surface area contributed by atoms with Crippen LogP contribution in [0.4, 0.5) is 0 Å². The molecule has 0 saturated heterocycles. The van der Waals surface area contributed by atoms with Gasteiger partial charge in [0.05, 0.1) is 6.54 Å². The normalized spacial score (nSPS) is 9.95. The van der Waals surface area contributed by atoms with Crippen molar-refractivity contribution in [2.24, 2.45) is 0 Å². The fourth-order valence-corrected chi connectivity index (χ4v) is 1.82. The van der Waals surface area contributed by atoms with Gasteiger partial charge in [0.2, 0.25) is 0 Å². The number of nitrogens with zero attached hydrogens (tertiary/aromatic N) is 1. The molecule has 1 heterocycles. The average molecular weight is 321 g/mol. The lowest BCUT2D eigenvalue weighted by molar-refractivity contribution is 0.0942. The maximum absolute atomic E-state index is 11.8. The summed E-state index contributed by atoms with van der Waals surface area (Å²) < 4.78 is 6.11. The summed E-state index contributed by atoms with van der Waals surface area (Å²) in [5.74, 6) is 0.579.